The minimum absolute atomic E-state index is 0.0542. The maximum absolute atomic E-state index is 13.4. The van der Waals surface area contributed by atoms with Crippen LogP contribution in [0.3, 0.4) is 0 Å². The Labute approximate surface area is 149 Å². The van der Waals surface area contributed by atoms with Crippen LogP contribution >= 0.6 is 0 Å². The Balaban J connectivity index is 2.73. The fourth-order valence-corrected chi connectivity index (χ4v) is 2.77. The standard InChI is InChI=1S/C19H17F3N2O2/c1-26-17-5-3-2-4-14(17)15-10-13(8-9-23)16(19(20,21)22)11-12(15)6-7-18(24)25/h2-5,10-11H,6-8H2,1H3,(H2,24,25). The topological polar surface area (TPSA) is 76.1 Å². The number of carbonyl (C=O) groups is 1. The van der Waals surface area contributed by atoms with Crippen molar-refractivity contribution in [2.75, 3.05) is 7.11 Å². The predicted octanol–water partition coefficient (Wildman–Crippen LogP) is 3.86. The maximum atomic E-state index is 13.4. The Morgan fingerprint density at radius 2 is 1.88 bits per heavy atom. The van der Waals surface area contributed by atoms with Gasteiger partial charge in [0.1, 0.15) is 5.75 Å². The zero-order chi connectivity index (χ0) is 19.3. The number of carbonyl (C=O) groups excluding carboxylic acids is 1. The Morgan fingerprint density at radius 3 is 2.46 bits per heavy atom. The van der Waals surface area contributed by atoms with Gasteiger partial charge in [-0.3, -0.25) is 4.79 Å². The normalized spacial score (nSPS) is 11.0. The SMILES string of the molecule is COc1ccccc1-c1cc(CC#N)c(C(F)(F)F)cc1CCC(N)=O. The molecule has 0 aliphatic rings. The van der Waals surface area contributed by atoms with Crippen molar-refractivity contribution in [1.29, 1.82) is 5.26 Å². The number of aryl methyl sites for hydroxylation is 1. The van der Waals surface area contributed by atoms with E-state index in [9.17, 15) is 18.0 Å². The molecule has 4 nitrogen and oxygen atoms in total. The number of halogens is 3. The molecule has 136 valence electrons. The molecule has 0 spiro atoms. The highest BCUT2D eigenvalue weighted by molar-refractivity contribution is 5.77. The summed E-state index contributed by atoms with van der Waals surface area (Å²) in [6, 6.07) is 11.0. The highest BCUT2D eigenvalue weighted by Crippen LogP contribution is 2.39. The molecule has 2 N–H and O–H groups in total. The van der Waals surface area contributed by atoms with Gasteiger partial charge in [0.25, 0.3) is 0 Å². The van der Waals surface area contributed by atoms with E-state index in [2.05, 4.69) is 0 Å². The van der Waals surface area contributed by atoms with Crippen molar-refractivity contribution in [3.05, 3.63) is 53.1 Å². The van der Waals surface area contributed by atoms with Crippen LogP contribution in [0.4, 0.5) is 13.2 Å². The van der Waals surface area contributed by atoms with E-state index in [1.54, 1.807) is 30.3 Å². The molecule has 0 bridgehead atoms. The van der Waals surface area contributed by atoms with Crippen molar-refractivity contribution in [2.24, 2.45) is 5.73 Å². The minimum atomic E-state index is -4.60. The lowest BCUT2D eigenvalue weighted by atomic mass is 9.90. The van der Waals surface area contributed by atoms with Gasteiger partial charge in [0, 0.05) is 12.0 Å². The van der Waals surface area contributed by atoms with E-state index in [0.717, 1.165) is 6.07 Å². The highest BCUT2D eigenvalue weighted by atomic mass is 19.4. The molecule has 0 aliphatic carbocycles. The molecule has 1 amide bonds. The van der Waals surface area contributed by atoms with Gasteiger partial charge in [0.2, 0.25) is 5.91 Å². The second kappa shape index (κ2) is 7.91. The van der Waals surface area contributed by atoms with E-state index in [4.69, 9.17) is 15.7 Å². The van der Waals surface area contributed by atoms with Gasteiger partial charge >= 0.3 is 6.18 Å². The van der Waals surface area contributed by atoms with Crippen LogP contribution in [-0.2, 0) is 23.8 Å². The second-order valence-corrected chi connectivity index (χ2v) is 5.67. The fourth-order valence-electron chi connectivity index (χ4n) is 2.77. The van der Waals surface area contributed by atoms with Crippen LogP contribution in [0.15, 0.2) is 36.4 Å². The van der Waals surface area contributed by atoms with Crippen LogP contribution in [0.1, 0.15) is 23.1 Å². The van der Waals surface area contributed by atoms with Crippen molar-refractivity contribution in [1.82, 2.24) is 0 Å². The summed E-state index contributed by atoms with van der Waals surface area (Å²) in [7, 11) is 1.46. The summed E-state index contributed by atoms with van der Waals surface area (Å²) in [5, 5.41) is 8.91. The van der Waals surface area contributed by atoms with Gasteiger partial charge in [0.15, 0.2) is 0 Å². The predicted molar refractivity (Wildman–Crippen MR) is 90.3 cm³/mol. The number of methoxy groups -OCH3 is 1. The van der Waals surface area contributed by atoms with Gasteiger partial charge in [-0.05, 0) is 41.3 Å². The first kappa shape index (κ1) is 19.3. The third-order valence-corrected chi connectivity index (χ3v) is 3.94. The van der Waals surface area contributed by atoms with Crippen LogP contribution in [0, 0.1) is 11.3 Å². The molecule has 0 fully saturated rings. The number of rotatable bonds is 6. The molecule has 0 unspecified atom stereocenters. The summed E-state index contributed by atoms with van der Waals surface area (Å²) in [4.78, 5) is 11.1. The van der Waals surface area contributed by atoms with Crippen LogP contribution in [-0.4, -0.2) is 13.0 Å². The lowest BCUT2D eigenvalue weighted by Crippen LogP contribution is -2.14. The Morgan fingerprint density at radius 1 is 1.19 bits per heavy atom. The second-order valence-electron chi connectivity index (χ2n) is 5.67. The zero-order valence-corrected chi connectivity index (χ0v) is 14.1. The lowest BCUT2D eigenvalue weighted by molar-refractivity contribution is -0.138. The number of ether oxygens (including phenoxy) is 1. The number of nitriles is 1. The number of nitrogens with zero attached hydrogens (tertiary/aromatic N) is 1. The molecule has 0 atom stereocenters. The summed E-state index contributed by atoms with van der Waals surface area (Å²) in [5.74, 6) is -0.124. The van der Waals surface area contributed by atoms with Gasteiger partial charge in [-0.2, -0.15) is 18.4 Å². The van der Waals surface area contributed by atoms with Gasteiger partial charge in [-0.15, -0.1) is 0 Å². The average Bonchev–Trinajstić information content (AvgIpc) is 2.59. The summed E-state index contributed by atoms with van der Waals surface area (Å²) in [6.07, 6.45) is -5.02. The summed E-state index contributed by atoms with van der Waals surface area (Å²) in [5.41, 5.74) is 5.55. The summed E-state index contributed by atoms with van der Waals surface area (Å²) >= 11 is 0. The molecule has 2 aromatic carbocycles. The van der Waals surface area contributed by atoms with E-state index in [-0.39, 0.29) is 24.8 Å². The number of hydrogen-bond donors (Lipinski definition) is 1. The monoisotopic (exact) mass is 362 g/mol. The molecule has 0 heterocycles. The summed E-state index contributed by atoms with van der Waals surface area (Å²) in [6.45, 7) is 0. The number of nitrogens with two attached hydrogens (primary N) is 1. The number of benzene rings is 2. The van der Waals surface area contributed by atoms with E-state index in [0.29, 0.717) is 22.4 Å². The van der Waals surface area contributed by atoms with Crippen molar-refractivity contribution in [3.8, 4) is 22.9 Å². The first-order chi connectivity index (χ1) is 12.3. The largest absolute Gasteiger partial charge is 0.496 e. The van der Waals surface area contributed by atoms with E-state index in [1.807, 2.05) is 0 Å². The average molecular weight is 362 g/mol. The van der Waals surface area contributed by atoms with Gasteiger partial charge in [-0.25, -0.2) is 0 Å². The maximum Gasteiger partial charge on any atom is 0.416 e. The zero-order valence-electron chi connectivity index (χ0n) is 14.1. The third-order valence-electron chi connectivity index (χ3n) is 3.94. The number of alkyl halides is 3. The van der Waals surface area contributed by atoms with Crippen molar-refractivity contribution >= 4 is 5.91 Å². The Kier molecular flexibility index (Phi) is 5.88. The quantitative estimate of drug-likeness (QED) is 0.848. The van der Waals surface area contributed by atoms with Crippen molar-refractivity contribution in [3.63, 3.8) is 0 Å². The molecule has 2 rings (SSSR count). The van der Waals surface area contributed by atoms with Crippen LogP contribution in [0.2, 0.25) is 0 Å². The van der Waals surface area contributed by atoms with E-state index in [1.165, 1.54) is 13.2 Å². The van der Waals surface area contributed by atoms with Crippen LogP contribution < -0.4 is 10.5 Å². The van der Waals surface area contributed by atoms with Gasteiger partial charge < -0.3 is 10.5 Å². The molecular formula is C19H17F3N2O2. The molecule has 0 aliphatic heterocycles. The summed E-state index contributed by atoms with van der Waals surface area (Å²) < 4.78 is 45.5. The third kappa shape index (κ3) is 4.33. The number of para-hydroxylation sites is 1. The van der Waals surface area contributed by atoms with E-state index < -0.39 is 17.6 Å². The molecule has 26 heavy (non-hydrogen) atoms. The van der Waals surface area contributed by atoms with E-state index >= 15 is 0 Å². The van der Waals surface area contributed by atoms with Crippen molar-refractivity contribution < 1.29 is 22.7 Å². The molecule has 0 saturated carbocycles. The van der Waals surface area contributed by atoms with Gasteiger partial charge in [-0.1, -0.05) is 18.2 Å². The molecule has 7 heteroatoms. The molecular weight excluding hydrogens is 345 g/mol. The van der Waals surface area contributed by atoms with Crippen molar-refractivity contribution in [2.45, 2.75) is 25.4 Å². The molecule has 0 aromatic heterocycles. The van der Waals surface area contributed by atoms with Crippen LogP contribution in [0.5, 0.6) is 5.75 Å². The first-order valence-electron chi connectivity index (χ1n) is 7.79. The fraction of sp³-hybridized carbons (Fsp3) is 0.263. The first-order valence-corrected chi connectivity index (χ1v) is 7.79. The smallest absolute Gasteiger partial charge is 0.416 e. The molecule has 0 radical (unpaired) electrons. The number of amides is 1. The minimum Gasteiger partial charge on any atom is -0.496 e. The Bertz CT molecular complexity index is 855. The molecule has 0 saturated heterocycles. The molecule has 2 aromatic rings. The number of primary amides is 1. The Hall–Kier alpha value is -3.01. The highest BCUT2D eigenvalue weighted by Gasteiger charge is 2.34. The number of hydrogen-bond acceptors (Lipinski definition) is 3. The van der Waals surface area contributed by atoms with Crippen LogP contribution in [0.25, 0.3) is 11.1 Å². The lowest BCUT2D eigenvalue weighted by Gasteiger charge is -2.18. The van der Waals surface area contributed by atoms with Gasteiger partial charge in [0.05, 0.1) is 25.2 Å².